The molecule has 1 amide bonds. The van der Waals surface area contributed by atoms with Gasteiger partial charge in [0.1, 0.15) is 0 Å². The maximum atomic E-state index is 11.3. The minimum Gasteiger partial charge on any atom is -0.393 e. The lowest BCUT2D eigenvalue weighted by molar-refractivity contribution is -0.127. The van der Waals surface area contributed by atoms with Crippen molar-refractivity contribution in [1.82, 2.24) is 9.80 Å². The van der Waals surface area contributed by atoms with Crippen LogP contribution in [0.2, 0.25) is 0 Å². The van der Waals surface area contributed by atoms with Crippen LogP contribution in [0, 0.1) is 0 Å². The van der Waals surface area contributed by atoms with Crippen LogP contribution in [-0.2, 0) is 4.79 Å². The summed E-state index contributed by atoms with van der Waals surface area (Å²) in [6.45, 7) is 5.34. The van der Waals surface area contributed by atoms with E-state index in [0.717, 1.165) is 45.4 Å². The Hall–Kier alpha value is -0.610. The second-order valence-corrected chi connectivity index (χ2v) is 4.43. The number of amides is 1. The van der Waals surface area contributed by atoms with Crippen molar-refractivity contribution in [3.63, 3.8) is 0 Å². The Morgan fingerprint density at radius 2 is 2.27 bits per heavy atom. The molecule has 0 aromatic heterocycles. The lowest BCUT2D eigenvalue weighted by Gasteiger charge is -2.21. The number of likely N-dealkylation sites (tertiary alicyclic amines) is 1. The molecule has 0 aromatic rings. The Labute approximate surface area is 91.9 Å². The van der Waals surface area contributed by atoms with Crippen LogP contribution in [-0.4, -0.2) is 60.1 Å². The molecule has 4 nitrogen and oxygen atoms in total. The van der Waals surface area contributed by atoms with Crippen molar-refractivity contribution in [3.05, 3.63) is 0 Å². The molecule has 1 saturated heterocycles. The third kappa shape index (κ3) is 4.62. The first-order valence-corrected chi connectivity index (χ1v) is 5.74. The number of hydrogen-bond donors (Lipinski definition) is 1. The van der Waals surface area contributed by atoms with Gasteiger partial charge in [0, 0.05) is 32.6 Å². The van der Waals surface area contributed by atoms with Gasteiger partial charge in [0.15, 0.2) is 0 Å². The van der Waals surface area contributed by atoms with E-state index in [0.29, 0.717) is 5.91 Å². The standard InChI is InChI=1S/C11H22N2O2/c1-10(14)5-7-12(2)8-9-13-6-3-4-11(13)15/h10,14H,3-9H2,1-2H3. The van der Waals surface area contributed by atoms with Gasteiger partial charge in [0.25, 0.3) is 0 Å². The number of carbonyl (C=O) groups excluding carboxylic acids is 1. The number of aliphatic hydroxyl groups is 1. The van der Waals surface area contributed by atoms with Crippen LogP contribution in [0.5, 0.6) is 0 Å². The SMILES string of the molecule is CC(O)CCN(C)CCN1CCCC1=O. The first-order chi connectivity index (χ1) is 7.09. The highest BCUT2D eigenvalue weighted by molar-refractivity contribution is 5.78. The molecule has 1 N–H and O–H groups in total. The smallest absolute Gasteiger partial charge is 0.222 e. The molecule has 0 aliphatic carbocycles. The maximum absolute atomic E-state index is 11.3. The lowest BCUT2D eigenvalue weighted by atomic mass is 10.3. The van der Waals surface area contributed by atoms with Gasteiger partial charge in [0.05, 0.1) is 6.10 Å². The first kappa shape index (κ1) is 12.5. The van der Waals surface area contributed by atoms with Gasteiger partial charge >= 0.3 is 0 Å². The topological polar surface area (TPSA) is 43.8 Å². The predicted octanol–water partition coefficient (Wildman–Crippen LogP) is 0.311. The van der Waals surface area contributed by atoms with Crippen molar-refractivity contribution >= 4 is 5.91 Å². The van der Waals surface area contributed by atoms with Crippen molar-refractivity contribution in [2.75, 3.05) is 33.2 Å². The molecule has 0 saturated carbocycles. The highest BCUT2D eigenvalue weighted by atomic mass is 16.3. The van der Waals surface area contributed by atoms with E-state index in [-0.39, 0.29) is 6.10 Å². The molecule has 0 radical (unpaired) electrons. The van der Waals surface area contributed by atoms with Gasteiger partial charge in [-0.3, -0.25) is 4.79 Å². The zero-order chi connectivity index (χ0) is 11.3. The van der Waals surface area contributed by atoms with E-state index in [9.17, 15) is 4.79 Å². The van der Waals surface area contributed by atoms with Gasteiger partial charge in [-0.2, -0.15) is 0 Å². The molecule has 88 valence electrons. The fourth-order valence-corrected chi connectivity index (χ4v) is 1.75. The molecule has 1 unspecified atom stereocenters. The predicted molar refractivity (Wildman–Crippen MR) is 59.6 cm³/mol. The molecular weight excluding hydrogens is 192 g/mol. The van der Waals surface area contributed by atoms with Crippen molar-refractivity contribution in [2.24, 2.45) is 0 Å². The van der Waals surface area contributed by atoms with Crippen LogP contribution in [0.1, 0.15) is 26.2 Å². The Morgan fingerprint density at radius 3 is 2.80 bits per heavy atom. The number of likely N-dealkylation sites (N-methyl/N-ethyl adjacent to an activating group) is 1. The number of aliphatic hydroxyl groups excluding tert-OH is 1. The molecule has 0 aromatic carbocycles. The zero-order valence-corrected chi connectivity index (χ0v) is 9.78. The van der Waals surface area contributed by atoms with E-state index in [1.807, 2.05) is 11.9 Å². The summed E-state index contributed by atoms with van der Waals surface area (Å²) in [5, 5.41) is 9.13. The molecule has 1 atom stereocenters. The van der Waals surface area contributed by atoms with E-state index in [1.54, 1.807) is 6.92 Å². The summed E-state index contributed by atoms with van der Waals surface area (Å²) in [6, 6.07) is 0. The van der Waals surface area contributed by atoms with Crippen molar-refractivity contribution in [1.29, 1.82) is 0 Å². The van der Waals surface area contributed by atoms with Gasteiger partial charge in [0.2, 0.25) is 5.91 Å². The summed E-state index contributed by atoms with van der Waals surface area (Å²) in [6.07, 6.45) is 2.29. The molecular formula is C11H22N2O2. The quantitative estimate of drug-likeness (QED) is 0.692. The van der Waals surface area contributed by atoms with Crippen LogP contribution in [0.3, 0.4) is 0 Å². The average molecular weight is 214 g/mol. The lowest BCUT2D eigenvalue weighted by Crippen LogP contribution is -2.34. The summed E-state index contributed by atoms with van der Waals surface area (Å²) < 4.78 is 0. The molecule has 15 heavy (non-hydrogen) atoms. The van der Waals surface area contributed by atoms with Crippen molar-refractivity contribution in [2.45, 2.75) is 32.3 Å². The van der Waals surface area contributed by atoms with Crippen LogP contribution in [0.25, 0.3) is 0 Å². The molecule has 0 bridgehead atoms. The summed E-state index contributed by atoms with van der Waals surface area (Å²) in [5.74, 6) is 0.291. The molecule has 0 spiro atoms. The molecule has 1 aliphatic rings. The summed E-state index contributed by atoms with van der Waals surface area (Å²) in [7, 11) is 2.03. The van der Waals surface area contributed by atoms with E-state index >= 15 is 0 Å². The summed E-state index contributed by atoms with van der Waals surface area (Å²) in [5.41, 5.74) is 0. The molecule has 1 fully saturated rings. The second kappa shape index (κ2) is 6.08. The van der Waals surface area contributed by atoms with Gasteiger partial charge in [-0.1, -0.05) is 0 Å². The maximum Gasteiger partial charge on any atom is 0.222 e. The highest BCUT2D eigenvalue weighted by Gasteiger charge is 2.19. The van der Waals surface area contributed by atoms with E-state index in [2.05, 4.69) is 4.90 Å². The minimum atomic E-state index is -0.235. The molecule has 1 heterocycles. The second-order valence-electron chi connectivity index (χ2n) is 4.43. The van der Waals surface area contributed by atoms with Crippen LogP contribution in [0.15, 0.2) is 0 Å². The number of hydrogen-bond acceptors (Lipinski definition) is 3. The monoisotopic (exact) mass is 214 g/mol. The van der Waals surface area contributed by atoms with E-state index in [4.69, 9.17) is 5.11 Å². The largest absolute Gasteiger partial charge is 0.393 e. The Balaban J connectivity index is 2.10. The Kier molecular flexibility index (Phi) is 5.05. The average Bonchev–Trinajstić information content (AvgIpc) is 2.58. The van der Waals surface area contributed by atoms with Gasteiger partial charge < -0.3 is 14.9 Å². The number of carbonyl (C=O) groups is 1. The molecule has 4 heteroatoms. The van der Waals surface area contributed by atoms with Crippen molar-refractivity contribution in [3.8, 4) is 0 Å². The van der Waals surface area contributed by atoms with Gasteiger partial charge in [-0.15, -0.1) is 0 Å². The van der Waals surface area contributed by atoms with E-state index < -0.39 is 0 Å². The summed E-state index contributed by atoms with van der Waals surface area (Å²) in [4.78, 5) is 15.4. The van der Waals surface area contributed by atoms with Crippen LogP contribution < -0.4 is 0 Å². The fourth-order valence-electron chi connectivity index (χ4n) is 1.75. The third-order valence-corrected chi connectivity index (χ3v) is 2.85. The summed E-state index contributed by atoms with van der Waals surface area (Å²) >= 11 is 0. The van der Waals surface area contributed by atoms with Crippen LogP contribution in [0.4, 0.5) is 0 Å². The molecule has 1 aliphatic heterocycles. The van der Waals surface area contributed by atoms with Gasteiger partial charge in [-0.25, -0.2) is 0 Å². The Bertz CT molecular complexity index is 207. The third-order valence-electron chi connectivity index (χ3n) is 2.85. The first-order valence-electron chi connectivity index (χ1n) is 5.74. The van der Waals surface area contributed by atoms with E-state index in [1.165, 1.54) is 0 Å². The Morgan fingerprint density at radius 1 is 1.53 bits per heavy atom. The number of rotatable bonds is 6. The fraction of sp³-hybridized carbons (Fsp3) is 0.909. The normalized spacial score (nSPS) is 18.9. The zero-order valence-electron chi connectivity index (χ0n) is 9.78. The minimum absolute atomic E-state index is 0.235. The van der Waals surface area contributed by atoms with Crippen LogP contribution >= 0.6 is 0 Å². The van der Waals surface area contributed by atoms with Gasteiger partial charge in [-0.05, 0) is 26.8 Å². The number of nitrogens with zero attached hydrogens (tertiary/aromatic N) is 2. The molecule has 1 rings (SSSR count). The highest BCUT2D eigenvalue weighted by Crippen LogP contribution is 2.08. The van der Waals surface area contributed by atoms with Crippen molar-refractivity contribution < 1.29 is 9.90 Å².